The van der Waals surface area contributed by atoms with Crippen molar-refractivity contribution in [3.63, 3.8) is 0 Å². The minimum Gasteiger partial charge on any atom is -0.481 e. The molecule has 0 atom stereocenters. The Morgan fingerprint density at radius 1 is 1.40 bits per heavy atom. The van der Waals surface area contributed by atoms with E-state index < -0.39 is 0 Å². The number of nitrogens with one attached hydrogen (secondary N) is 1. The van der Waals surface area contributed by atoms with E-state index in [0.717, 1.165) is 17.9 Å². The number of rotatable bonds is 5. The number of benzene rings is 1. The van der Waals surface area contributed by atoms with Gasteiger partial charge in [-0.3, -0.25) is 10.4 Å². The molecule has 1 N–H and O–H groups in total. The molecule has 0 unspecified atom stereocenters. The second-order valence-electron chi connectivity index (χ2n) is 3.33. The van der Waals surface area contributed by atoms with Gasteiger partial charge in [-0.05, 0) is 6.07 Å². The molecule has 0 aliphatic heterocycles. The van der Waals surface area contributed by atoms with Crippen LogP contribution in [0.1, 0.15) is 5.56 Å². The maximum Gasteiger partial charge on any atom is 0.148 e. The maximum absolute atomic E-state index is 5.42. The van der Waals surface area contributed by atoms with E-state index in [1.807, 2.05) is 43.4 Å². The van der Waals surface area contributed by atoms with Gasteiger partial charge in [0.1, 0.15) is 12.4 Å². The Bertz CT molecular complexity index is 342. The van der Waals surface area contributed by atoms with Crippen LogP contribution in [0.3, 0.4) is 0 Å². The van der Waals surface area contributed by atoms with Gasteiger partial charge in [0.15, 0.2) is 0 Å². The van der Waals surface area contributed by atoms with Crippen LogP contribution in [0.5, 0.6) is 5.75 Å². The SMILES string of the molecule is C#CCOc1ccccc1CNN(C)C. The molecule has 0 radical (unpaired) electrons. The fourth-order valence-electron chi connectivity index (χ4n) is 1.15. The lowest BCUT2D eigenvalue weighted by Crippen LogP contribution is -2.29. The molecule has 0 aliphatic rings. The van der Waals surface area contributed by atoms with Gasteiger partial charge in [-0.1, -0.05) is 24.1 Å². The summed E-state index contributed by atoms with van der Waals surface area (Å²) in [5, 5.41) is 1.90. The van der Waals surface area contributed by atoms with E-state index in [4.69, 9.17) is 11.2 Å². The van der Waals surface area contributed by atoms with Gasteiger partial charge in [0.05, 0.1) is 0 Å². The smallest absolute Gasteiger partial charge is 0.148 e. The minimum absolute atomic E-state index is 0.305. The lowest BCUT2D eigenvalue weighted by atomic mass is 10.2. The van der Waals surface area contributed by atoms with Gasteiger partial charge in [-0.15, -0.1) is 6.42 Å². The van der Waals surface area contributed by atoms with Crippen LogP contribution in [0.25, 0.3) is 0 Å². The summed E-state index contributed by atoms with van der Waals surface area (Å²) < 4.78 is 5.42. The fraction of sp³-hybridized carbons (Fsp3) is 0.333. The normalized spacial score (nSPS) is 10.0. The Morgan fingerprint density at radius 3 is 2.80 bits per heavy atom. The third kappa shape index (κ3) is 4.03. The molecule has 0 bridgehead atoms. The Kier molecular flexibility index (Phi) is 4.69. The Morgan fingerprint density at radius 2 is 2.13 bits per heavy atom. The van der Waals surface area contributed by atoms with E-state index in [1.54, 1.807) is 0 Å². The van der Waals surface area contributed by atoms with Crippen LogP contribution in [-0.2, 0) is 6.54 Å². The van der Waals surface area contributed by atoms with Crippen molar-refractivity contribution < 1.29 is 4.74 Å². The molecule has 0 spiro atoms. The van der Waals surface area contributed by atoms with Gasteiger partial charge in [-0.2, -0.15) is 0 Å². The van der Waals surface area contributed by atoms with Crippen LogP contribution >= 0.6 is 0 Å². The van der Waals surface area contributed by atoms with Crippen molar-refractivity contribution in [3.8, 4) is 18.1 Å². The molecule has 0 amide bonds. The zero-order valence-electron chi connectivity index (χ0n) is 9.16. The van der Waals surface area contributed by atoms with Crippen molar-refractivity contribution in [2.24, 2.45) is 0 Å². The Labute approximate surface area is 91.0 Å². The molecule has 0 saturated carbocycles. The van der Waals surface area contributed by atoms with Gasteiger partial charge >= 0.3 is 0 Å². The summed E-state index contributed by atoms with van der Waals surface area (Å²) in [6.07, 6.45) is 5.15. The third-order valence-corrected chi connectivity index (χ3v) is 1.87. The predicted octanol–water partition coefficient (Wildman–Crippen LogP) is 1.26. The lowest BCUT2D eigenvalue weighted by Gasteiger charge is -2.14. The van der Waals surface area contributed by atoms with E-state index in [0.29, 0.717) is 6.61 Å². The van der Waals surface area contributed by atoms with E-state index in [9.17, 15) is 0 Å². The Hall–Kier alpha value is -1.50. The van der Waals surface area contributed by atoms with Gasteiger partial charge in [-0.25, -0.2) is 0 Å². The number of nitrogens with zero attached hydrogens (tertiary/aromatic N) is 1. The summed E-state index contributed by atoms with van der Waals surface area (Å²) in [5.74, 6) is 3.29. The first-order valence-electron chi connectivity index (χ1n) is 4.79. The highest BCUT2D eigenvalue weighted by atomic mass is 16.5. The standard InChI is InChI=1S/C12H16N2O/c1-4-9-15-12-8-6-5-7-11(12)10-13-14(2)3/h1,5-8,13H,9-10H2,2-3H3. The maximum atomic E-state index is 5.42. The monoisotopic (exact) mass is 204 g/mol. The first-order chi connectivity index (χ1) is 7.24. The summed E-state index contributed by atoms with van der Waals surface area (Å²) in [5.41, 5.74) is 4.28. The number of hydrazine groups is 1. The molecule has 1 rings (SSSR count). The molecule has 1 aromatic carbocycles. The van der Waals surface area contributed by atoms with Crippen molar-refractivity contribution in [2.75, 3.05) is 20.7 Å². The minimum atomic E-state index is 0.305. The number of terminal acetylenes is 1. The summed E-state index contributed by atoms with van der Waals surface area (Å²) in [6, 6.07) is 7.85. The molecule has 0 fully saturated rings. The highest BCUT2D eigenvalue weighted by Crippen LogP contribution is 2.17. The van der Waals surface area contributed by atoms with Gasteiger partial charge < -0.3 is 4.74 Å². The molecular formula is C12H16N2O. The molecule has 15 heavy (non-hydrogen) atoms. The molecule has 0 aliphatic carbocycles. The summed E-state index contributed by atoms with van der Waals surface area (Å²) >= 11 is 0. The summed E-state index contributed by atoms with van der Waals surface area (Å²) in [6.45, 7) is 1.03. The zero-order valence-corrected chi connectivity index (χ0v) is 9.16. The number of hydrogen-bond donors (Lipinski definition) is 1. The molecule has 3 heteroatoms. The molecule has 3 nitrogen and oxygen atoms in total. The molecule has 80 valence electrons. The van der Waals surface area contributed by atoms with Crippen molar-refractivity contribution >= 4 is 0 Å². The van der Waals surface area contributed by atoms with Crippen LogP contribution in [0, 0.1) is 12.3 Å². The molecule has 0 heterocycles. The highest BCUT2D eigenvalue weighted by molar-refractivity contribution is 5.33. The summed E-state index contributed by atoms with van der Waals surface area (Å²) in [4.78, 5) is 0. The lowest BCUT2D eigenvalue weighted by molar-refractivity contribution is 0.281. The number of ether oxygens (including phenoxy) is 1. The second kappa shape index (κ2) is 6.07. The predicted molar refractivity (Wildman–Crippen MR) is 61.3 cm³/mol. The first-order valence-corrected chi connectivity index (χ1v) is 4.79. The van der Waals surface area contributed by atoms with Gasteiger partial charge in [0, 0.05) is 26.2 Å². The van der Waals surface area contributed by atoms with Gasteiger partial charge in [0.25, 0.3) is 0 Å². The average molecular weight is 204 g/mol. The molecule has 0 aromatic heterocycles. The van der Waals surface area contributed by atoms with Crippen LogP contribution in [0.2, 0.25) is 0 Å². The molecular weight excluding hydrogens is 188 g/mol. The van der Waals surface area contributed by atoms with Crippen molar-refractivity contribution in [1.82, 2.24) is 10.4 Å². The van der Waals surface area contributed by atoms with Crippen LogP contribution in [0.4, 0.5) is 0 Å². The van der Waals surface area contributed by atoms with E-state index in [2.05, 4.69) is 11.3 Å². The highest BCUT2D eigenvalue weighted by Gasteiger charge is 2.01. The second-order valence-corrected chi connectivity index (χ2v) is 3.33. The van der Waals surface area contributed by atoms with E-state index in [-0.39, 0.29) is 0 Å². The van der Waals surface area contributed by atoms with Gasteiger partial charge in [0.2, 0.25) is 0 Å². The number of para-hydroxylation sites is 1. The van der Waals surface area contributed by atoms with Crippen molar-refractivity contribution in [2.45, 2.75) is 6.54 Å². The van der Waals surface area contributed by atoms with Crippen LogP contribution < -0.4 is 10.2 Å². The Balaban J connectivity index is 2.64. The quantitative estimate of drug-likeness (QED) is 0.577. The van der Waals surface area contributed by atoms with Crippen molar-refractivity contribution in [1.29, 1.82) is 0 Å². The largest absolute Gasteiger partial charge is 0.481 e. The van der Waals surface area contributed by atoms with Crippen molar-refractivity contribution in [3.05, 3.63) is 29.8 Å². The molecule has 1 aromatic rings. The van der Waals surface area contributed by atoms with E-state index >= 15 is 0 Å². The topological polar surface area (TPSA) is 24.5 Å². The fourth-order valence-corrected chi connectivity index (χ4v) is 1.15. The van der Waals surface area contributed by atoms with Crippen LogP contribution in [0.15, 0.2) is 24.3 Å². The first kappa shape index (κ1) is 11.6. The third-order valence-electron chi connectivity index (χ3n) is 1.87. The molecule has 0 saturated heterocycles. The van der Waals surface area contributed by atoms with Crippen LogP contribution in [-0.4, -0.2) is 25.7 Å². The zero-order chi connectivity index (χ0) is 11.1. The average Bonchev–Trinajstić information content (AvgIpc) is 2.24. The number of hydrogen-bond acceptors (Lipinski definition) is 3. The summed E-state index contributed by atoms with van der Waals surface area (Å²) in [7, 11) is 3.90. The van der Waals surface area contributed by atoms with E-state index in [1.165, 1.54) is 0 Å².